The topological polar surface area (TPSA) is 87.0 Å². The van der Waals surface area contributed by atoms with Crippen molar-refractivity contribution < 1.29 is 9.53 Å². The van der Waals surface area contributed by atoms with E-state index in [2.05, 4.69) is 64.8 Å². The van der Waals surface area contributed by atoms with Gasteiger partial charge in [-0.15, -0.1) is 0 Å². The average molecular weight is 571 g/mol. The Morgan fingerprint density at radius 1 is 1.18 bits per heavy atom. The molecule has 3 saturated heterocycles. The van der Waals surface area contributed by atoms with Crippen LogP contribution in [-0.4, -0.2) is 95.9 Å². The zero-order valence-corrected chi connectivity index (χ0v) is 25.4. The fourth-order valence-electron chi connectivity index (χ4n) is 7.29. The number of piperazine rings is 1. The molecule has 4 heterocycles. The molecule has 40 heavy (non-hydrogen) atoms. The molecule has 9 heteroatoms. The highest BCUT2D eigenvalue weighted by molar-refractivity contribution is 6.31. The lowest BCUT2D eigenvalue weighted by atomic mass is 9.73. The fraction of sp³-hybridized carbons (Fsp3) is 0.677. The Bertz CT molecular complexity index is 1170. The first-order valence-corrected chi connectivity index (χ1v) is 15.4. The molecule has 3 N–H and O–H groups in total. The second-order valence-corrected chi connectivity index (χ2v) is 13.6. The Labute approximate surface area is 244 Å². The minimum absolute atomic E-state index is 0.0148. The summed E-state index contributed by atoms with van der Waals surface area (Å²) in [4.78, 5) is 24.3. The third-order valence-electron chi connectivity index (χ3n) is 9.48. The first-order chi connectivity index (χ1) is 19.1. The Kier molecular flexibility index (Phi) is 8.93. The van der Waals surface area contributed by atoms with Gasteiger partial charge in [0.2, 0.25) is 0 Å². The maximum absolute atomic E-state index is 12.2. The van der Waals surface area contributed by atoms with Gasteiger partial charge in [0.05, 0.1) is 11.7 Å². The first-order valence-electron chi connectivity index (χ1n) is 15.0. The minimum atomic E-state index is -0.657. The Balaban J connectivity index is 1.30. The lowest BCUT2D eigenvalue weighted by molar-refractivity contribution is -0.110. The summed E-state index contributed by atoms with van der Waals surface area (Å²) in [6.45, 7) is 16.9. The van der Waals surface area contributed by atoms with E-state index in [0.717, 1.165) is 88.6 Å². The molecule has 3 fully saturated rings. The van der Waals surface area contributed by atoms with Crippen molar-refractivity contribution in [3.63, 3.8) is 0 Å². The number of pyridine rings is 1. The van der Waals surface area contributed by atoms with Crippen LogP contribution in [0.25, 0.3) is 10.9 Å². The number of carbonyl (C=O) groups excluding carboxylic acids is 1. The molecule has 0 aliphatic carbocycles. The Morgan fingerprint density at radius 3 is 2.58 bits per heavy atom. The summed E-state index contributed by atoms with van der Waals surface area (Å²) >= 11 is 6.49. The zero-order chi connectivity index (χ0) is 28.5. The van der Waals surface area contributed by atoms with E-state index in [1.54, 1.807) is 0 Å². The molecule has 3 aliphatic heterocycles. The summed E-state index contributed by atoms with van der Waals surface area (Å²) in [5.41, 5.74) is 7.38. The van der Waals surface area contributed by atoms with Crippen molar-refractivity contribution in [1.29, 1.82) is 0 Å². The van der Waals surface area contributed by atoms with Gasteiger partial charge in [-0.2, -0.15) is 0 Å². The number of amides is 1. The number of piperidine rings is 2. The van der Waals surface area contributed by atoms with E-state index in [4.69, 9.17) is 22.1 Å². The molecule has 1 aromatic heterocycles. The molecule has 0 saturated carbocycles. The third-order valence-corrected chi connectivity index (χ3v) is 9.70. The quantitative estimate of drug-likeness (QED) is 0.522. The number of hydrogen-bond acceptors (Lipinski definition) is 7. The first kappa shape index (κ1) is 29.5. The molecule has 5 rings (SSSR count). The summed E-state index contributed by atoms with van der Waals surface area (Å²) in [5, 5.41) is 5.83. The van der Waals surface area contributed by atoms with Crippen LogP contribution >= 0.6 is 11.6 Å². The number of likely N-dealkylation sites (N-methyl/N-ethyl adjacent to an activating group) is 1. The van der Waals surface area contributed by atoms with E-state index < -0.39 is 11.7 Å². The number of primary amides is 1. The number of ether oxygens (including phenoxy) is 1. The van der Waals surface area contributed by atoms with Gasteiger partial charge >= 0.3 is 6.09 Å². The predicted molar refractivity (Wildman–Crippen MR) is 162 cm³/mol. The second kappa shape index (κ2) is 12.1. The third kappa shape index (κ3) is 6.57. The van der Waals surface area contributed by atoms with E-state index >= 15 is 0 Å². The molecule has 8 nitrogen and oxygen atoms in total. The molecular weight excluding hydrogens is 524 g/mol. The van der Waals surface area contributed by atoms with Crippen LogP contribution in [0.5, 0.6) is 0 Å². The standard InChI is InChI=1S/C31H47ClN6O2/c1-5-36-13-15-37(16-14-36)21-31(40-29(33)39)10-12-38(27(19-31)30(2,3)4)28-9-8-22(20-35-28)25-17-23(32)18-26-24(25)7-6-11-34-26/h6-7,11,17-18,22,27-28,35H,5,8-10,12-16,19-21H2,1-4H3,(H2,33,39). The number of benzene rings is 1. The van der Waals surface area contributed by atoms with Gasteiger partial charge in [-0.05, 0) is 54.5 Å². The lowest BCUT2D eigenvalue weighted by Gasteiger charge is -2.54. The van der Waals surface area contributed by atoms with Crippen molar-refractivity contribution in [1.82, 2.24) is 25.0 Å². The fourth-order valence-corrected chi connectivity index (χ4v) is 7.51. The van der Waals surface area contributed by atoms with Crippen LogP contribution in [0.2, 0.25) is 5.02 Å². The highest BCUT2D eigenvalue weighted by atomic mass is 35.5. The molecule has 4 atom stereocenters. The Hall–Kier alpha value is -1.97. The lowest BCUT2D eigenvalue weighted by Crippen LogP contribution is -2.65. The van der Waals surface area contributed by atoms with Gasteiger partial charge in [0.15, 0.2) is 0 Å². The number of fused-ring (bicyclic) bond motifs is 1. The summed E-state index contributed by atoms with van der Waals surface area (Å²) in [5.74, 6) is 0.388. The van der Waals surface area contributed by atoms with Crippen molar-refractivity contribution >= 4 is 28.6 Å². The van der Waals surface area contributed by atoms with E-state index in [1.807, 2.05) is 18.3 Å². The molecule has 2 aromatic rings. The SMILES string of the molecule is CCN1CCN(CC2(OC(N)=O)CCN(C3CCC(c4cc(Cl)cc5ncccc45)CN3)C(C(C)(C)C)C2)CC1. The van der Waals surface area contributed by atoms with E-state index in [0.29, 0.717) is 5.92 Å². The van der Waals surface area contributed by atoms with Crippen molar-refractivity contribution in [3.05, 3.63) is 41.0 Å². The van der Waals surface area contributed by atoms with Crippen molar-refractivity contribution in [2.45, 2.75) is 77.1 Å². The molecule has 0 radical (unpaired) electrons. The number of halogens is 1. The molecule has 220 valence electrons. The monoisotopic (exact) mass is 570 g/mol. The van der Waals surface area contributed by atoms with Crippen molar-refractivity contribution in [3.8, 4) is 0 Å². The zero-order valence-electron chi connectivity index (χ0n) is 24.7. The number of hydrogen-bond donors (Lipinski definition) is 2. The van der Waals surface area contributed by atoms with Crippen LogP contribution in [0.15, 0.2) is 30.5 Å². The molecular formula is C31H47ClN6O2. The highest BCUT2D eigenvalue weighted by Crippen LogP contribution is 2.42. The maximum Gasteiger partial charge on any atom is 0.405 e. The molecule has 0 spiro atoms. The number of nitrogens with zero attached hydrogens (tertiary/aromatic N) is 4. The largest absolute Gasteiger partial charge is 0.442 e. The van der Waals surface area contributed by atoms with Crippen LogP contribution in [0.4, 0.5) is 4.79 Å². The van der Waals surface area contributed by atoms with Crippen LogP contribution in [0.1, 0.15) is 64.9 Å². The van der Waals surface area contributed by atoms with Gasteiger partial charge in [-0.25, -0.2) is 4.79 Å². The van der Waals surface area contributed by atoms with Crippen LogP contribution in [0, 0.1) is 5.41 Å². The highest BCUT2D eigenvalue weighted by Gasteiger charge is 2.49. The van der Waals surface area contributed by atoms with Gasteiger partial charge in [0, 0.05) is 81.3 Å². The summed E-state index contributed by atoms with van der Waals surface area (Å²) in [6.07, 6.45) is 5.17. The van der Waals surface area contributed by atoms with E-state index in [9.17, 15) is 4.79 Å². The minimum Gasteiger partial charge on any atom is -0.442 e. The molecule has 0 bridgehead atoms. The predicted octanol–water partition coefficient (Wildman–Crippen LogP) is 4.66. The van der Waals surface area contributed by atoms with Gasteiger partial charge in [0.25, 0.3) is 0 Å². The van der Waals surface area contributed by atoms with E-state index in [1.165, 1.54) is 10.9 Å². The molecule has 1 amide bonds. The van der Waals surface area contributed by atoms with E-state index in [-0.39, 0.29) is 17.6 Å². The Morgan fingerprint density at radius 2 is 1.93 bits per heavy atom. The van der Waals surface area contributed by atoms with Crippen molar-refractivity contribution in [2.24, 2.45) is 11.1 Å². The molecule has 1 aromatic carbocycles. The second-order valence-electron chi connectivity index (χ2n) is 13.2. The van der Waals surface area contributed by atoms with Gasteiger partial charge < -0.3 is 20.7 Å². The average Bonchev–Trinajstić information content (AvgIpc) is 2.92. The number of nitrogens with two attached hydrogens (primary N) is 1. The summed E-state index contributed by atoms with van der Waals surface area (Å²) < 4.78 is 6.04. The summed E-state index contributed by atoms with van der Waals surface area (Å²) in [6, 6.07) is 8.48. The number of likely N-dealkylation sites (tertiary alicyclic amines) is 1. The van der Waals surface area contributed by atoms with Crippen LogP contribution < -0.4 is 11.1 Å². The number of carbonyl (C=O) groups is 1. The van der Waals surface area contributed by atoms with Gasteiger partial charge in [0.1, 0.15) is 5.60 Å². The summed E-state index contributed by atoms with van der Waals surface area (Å²) in [7, 11) is 0. The van der Waals surface area contributed by atoms with Crippen molar-refractivity contribution in [2.75, 3.05) is 52.4 Å². The van der Waals surface area contributed by atoms with Gasteiger partial charge in [-0.3, -0.25) is 14.8 Å². The smallest absolute Gasteiger partial charge is 0.405 e. The number of nitrogens with one attached hydrogen (secondary N) is 1. The maximum atomic E-state index is 12.2. The number of rotatable bonds is 6. The van der Waals surface area contributed by atoms with Gasteiger partial charge in [-0.1, -0.05) is 45.4 Å². The molecule has 3 aliphatic rings. The normalized spacial score (nSPS) is 29.5. The number of aromatic nitrogens is 1. The molecule has 4 unspecified atom stereocenters. The van der Waals surface area contributed by atoms with Crippen LogP contribution in [-0.2, 0) is 4.74 Å². The van der Waals surface area contributed by atoms with Crippen LogP contribution in [0.3, 0.4) is 0 Å².